The van der Waals surface area contributed by atoms with Gasteiger partial charge in [-0.15, -0.1) is 0 Å². The Morgan fingerprint density at radius 1 is 0.393 bits per heavy atom. The number of para-hydroxylation sites is 3. The summed E-state index contributed by atoms with van der Waals surface area (Å²) in [6.45, 7) is 16.1. The minimum absolute atomic E-state index is 0.0255. The number of anilines is 3. The van der Waals surface area contributed by atoms with E-state index in [-0.39, 0.29) is 61.0 Å². The normalized spacial score (nSPS) is 13.7. The second-order valence-corrected chi connectivity index (χ2v) is 28.2. The van der Waals surface area contributed by atoms with Crippen LogP contribution in [-0.4, -0.2) is 267 Å². The molecule has 9 aromatic rings. The molecule has 0 unspecified atom stereocenters. The fraction of sp³-hybridized carbons (Fsp3) is 0.400. The van der Waals surface area contributed by atoms with Crippen LogP contribution >= 0.6 is 11.6 Å². The van der Waals surface area contributed by atoms with Crippen LogP contribution in [0.4, 0.5) is 21.5 Å². The average molecular weight is 1550 g/mol. The van der Waals surface area contributed by atoms with Crippen LogP contribution in [0.3, 0.4) is 0 Å². The number of pyridine rings is 3. The summed E-state index contributed by atoms with van der Waals surface area (Å²) >= 11 is 5.98. The molecule has 3 saturated heterocycles. The van der Waals surface area contributed by atoms with Gasteiger partial charge in [0.15, 0.2) is 0 Å². The van der Waals surface area contributed by atoms with Crippen molar-refractivity contribution in [2.45, 2.75) is 40.0 Å². The van der Waals surface area contributed by atoms with E-state index in [0.717, 1.165) is 83.0 Å². The zero-order valence-electron chi connectivity index (χ0n) is 65.8. The third kappa shape index (κ3) is 21.6. The van der Waals surface area contributed by atoms with Crippen molar-refractivity contribution < 1.29 is 66.3 Å². The highest BCUT2D eigenvalue weighted by Crippen LogP contribution is 2.41. The molecule has 6 heterocycles. The Kier molecular flexibility index (Phi) is 30.5. The Bertz CT molecular complexity index is 4470. The number of hydrogen-bond acceptors (Lipinski definition) is 22. The number of aromatic nitrogens is 3. The maximum absolute atomic E-state index is 13.3. The molecular weight excluding hydrogens is 1450 g/mol. The van der Waals surface area contributed by atoms with Crippen molar-refractivity contribution >= 4 is 97.0 Å². The number of carbonyl (C=O) groups excluding carboxylic acids is 6. The molecule has 0 atom stereocenters. The lowest BCUT2D eigenvalue weighted by Gasteiger charge is -2.37. The first-order chi connectivity index (χ1) is 54.2. The molecule has 0 N–H and O–H groups in total. The van der Waals surface area contributed by atoms with Gasteiger partial charge in [-0.3, -0.25) is 14.4 Å². The topological polar surface area (TPSA) is 235 Å². The Morgan fingerprint density at radius 2 is 0.670 bits per heavy atom. The number of carbonyl (C=O) groups is 6. The van der Waals surface area contributed by atoms with Gasteiger partial charge in [-0.05, 0) is 173 Å². The molecule has 27 heteroatoms. The third-order valence-corrected chi connectivity index (χ3v) is 19.3. The molecule has 3 amide bonds. The third-order valence-electron chi connectivity index (χ3n) is 19.1. The van der Waals surface area contributed by atoms with Gasteiger partial charge in [0.25, 0.3) is 17.7 Å². The van der Waals surface area contributed by atoms with Gasteiger partial charge in [-0.2, -0.15) is 0 Å². The summed E-state index contributed by atoms with van der Waals surface area (Å²) in [7, 11) is 13.6. The number of esters is 3. The van der Waals surface area contributed by atoms with Gasteiger partial charge in [-0.1, -0.05) is 66.2 Å². The summed E-state index contributed by atoms with van der Waals surface area (Å²) < 4.78 is 53.1. The van der Waals surface area contributed by atoms with Crippen LogP contribution in [0.25, 0.3) is 32.7 Å². The number of rotatable bonds is 28. The van der Waals surface area contributed by atoms with Gasteiger partial charge < -0.3 is 77.3 Å². The van der Waals surface area contributed by atoms with Crippen LogP contribution in [0.1, 0.15) is 102 Å². The molecule has 0 aliphatic carbocycles. The van der Waals surface area contributed by atoms with E-state index in [1.54, 1.807) is 81.3 Å². The molecule has 3 fully saturated rings. The standard InChI is InChI=1S/C29H36N4O5.C28H33ClN4O4.C28H33FN4O4/c1-5-37-29(35)25-26(23-9-6-7-10-24(23)30-27(25)38-20-8-15-31(2)3)32-16-18-33(19-17-32)28(34)21-11-13-22(36-4)14-12-21;2*1-4-36-28(35)24-25(22-8-5-6-9-23(22)30-26(24)37-19-7-14-31(2)3)32-15-17-33(18-16-32)27(34)20-10-12-21(29)13-11-20/h6-7,9-14H,5,8,15-20H2,1-4H3;2*5-6,8-13H,4,7,14-19H2,1-3H3. The number of piperazine rings is 3. The lowest BCUT2D eigenvalue weighted by atomic mass is 10.1. The van der Waals surface area contributed by atoms with E-state index in [0.29, 0.717) is 148 Å². The molecule has 6 aromatic carbocycles. The fourth-order valence-electron chi connectivity index (χ4n) is 13.5. The zero-order valence-corrected chi connectivity index (χ0v) is 66.5. The summed E-state index contributed by atoms with van der Waals surface area (Å²) in [5.41, 5.74) is 7.06. The Hall–Kier alpha value is -10.9. The highest BCUT2D eigenvalue weighted by Gasteiger charge is 2.35. The number of ether oxygens (including phenoxy) is 7. The van der Waals surface area contributed by atoms with Crippen molar-refractivity contribution in [3.63, 3.8) is 0 Å². The number of methoxy groups -OCH3 is 1. The Morgan fingerprint density at radius 3 is 0.946 bits per heavy atom. The van der Waals surface area contributed by atoms with Crippen molar-refractivity contribution in [2.24, 2.45) is 0 Å². The zero-order chi connectivity index (χ0) is 79.8. The number of amides is 3. The van der Waals surface area contributed by atoms with Crippen LogP contribution in [0.5, 0.6) is 23.4 Å². The fourth-order valence-corrected chi connectivity index (χ4v) is 13.6. The summed E-state index contributed by atoms with van der Waals surface area (Å²) in [4.78, 5) is 111. The predicted octanol–water partition coefficient (Wildman–Crippen LogP) is 11.9. The van der Waals surface area contributed by atoms with Gasteiger partial charge in [0.05, 0.1) is 80.4 Å². The molecule has 112 heavy (non-hydrogen) atoms. The van der Waals surface area contributed by atoms with Gasteiger partial charge in [0.2, 0.25) is 17.6 Å². The summed E-state index contributed by atoms with van der Waals surface area (Å²) in [6.07, 6.45) is 2.37. The molecule has 0 bridgehead atoms. The molecular formula is C85H102ClFN12O13. The lowest BCUT2D eigenvalue weighted by molar-refractivity contribution is 0.0511. The van der Waals surface area contributed by atoms with Gasteiger partial charge in [0.1, 0.15) is 28.3 Å². The molecule has 12 rings (SSSR count). The van der Waals surface area contributed by atoms with Crippen molar-refractivity contribution in [1.29, 1.82) is 0 Å². The first-order valence-electron chi connectivity index (χ1n) is 38.1. The van der Waals surface area contributed by atoms with E-state index in [1.807, 2.05) is 125 Å². The van der Waals surface area contributed by atoms with Crippen molar-refractivity contribution in [2.75, 3.05) is 202 Å². The van der Waals surface area contributed by atoms with E-state index in [2.05, 4.69) is 34.4 Å². The lowest BCUT2D eigenvalue weighted by Crippen LogP contribution is -2.49. The first-order valence-corrected chi connectivity index (χ1v) is 38.5. The summed E-state index contributed by atoms with van der Waals surface area (Å²) in [6, 6.07) is 42.8. The Balaban J connectivity index is 0.000000178. The molecule has 0 saturated carbocycles. The SMILES string of the molecule is CCOC(=O)c1c(OCCCN(C)C)nc2ccccc2c1N1CCN(C(=O)c2ccc(Cl)cc2)CC1.CCOC(=O)c1c(OCCCN(C)C)nc2ccccc2c1N1CCN(C(=O)c2ccc(F)cc2)CC1.CCOC(=O)c1c(OCCCN(C)C)nc2ccccc2c1N1CCN(C(=O)c2ccc(OC)cc2)CC1. The van der Waals surface area contributed by atoms with E-state index in [1.165, 1.54) is 24.3 Å². The van der Waals surface area contributed by atoms with Crippen LogP contribution in [-0.2, 0) is 14.2 Å². The average Bonchev–Trinajstić information content (AvgIpc) is 0.770. The molecule has 3 aliphatic heterocycles. The Labute approximate surface area is 659 Å². The van der Waals surface area contributed by atoms with Crippen LogP contribution in [0.15, 0.2) is 146 Å². The maximum Gasteiger partial charge on any atom is 0.345 e. The van der Waals surface area contributed by atoms with Gasteiger partial charge in [-0.25, -0.2) is 33.7 Å². The van der Waals surface area contributed by atoms with Crippen LogP contribution < -0.4 is 33.6 Å². The maximum atomic E-state index is 13.3. The van der Waals surface area contributed by atoms with Crippen molar-refractivity contribution in [3.05, 3.63) is 190 Å². The molecule has 25 nitrogen and oxygen atoms in total. The van der Waals surface area contributed by atoms with Gasteiger partial charge >= 0.3 is 17.9 Å². The van der Waals surface area contributed by atoms with E-state index >= 15 is 0 Å². The molecule has 3 aliphatic rings. The summed E-state index contributed by atoms with van der Waals surface area (Å²) in [5, 5.41) is 3.12. The van der Waals surface area contributed by atoms with Crippen molar-refractivity contribution in [1.82, 2.24) is 44.4 Å². The second kappa shape index (κ2) is 40.8. The van der Waals surface area contributed by atoms with Crippen molar-refractivity contribution in [3.8, 4) is 23.4 Å². The van der Waals surface area contributed by atoms with Crippen LogP contribution in [0.2, 0.25) is 5.02 Å². The molecule has 3 aromatic heterocycles. The summed E-state index contributed by atoms with van der Waals surface area (Å²) in [5.74, 6) is -0.446. The van der Waals surface area contributed by atoms with E-state index < -0.39 is 17.9 Å². The predicted molar refractivity (Wildman–Crippen MR) is 434 cm³/mol. The van der Waals surface area contributed by atoms with E-state index in [4.69, 9.17) is 54.7 Å². The number of nitrogens with zero attached hydrogens (tertiary/aromatic N) is 12. The first kappa shape index (κ1) is 83.5. The smallest absolute Gasteiger partial charge is 0.345 e. The number of fused-ring (bicyclic) bond motifs is 3. The van der Waals surface area contributed by atoms with E-state index in [9.17, 15) is 33.2 Å². The largest absolute Gasteiger partial charge is 0.497 e. The molecule has 0 radical (unpaired) electrons. The second-order valence-electron chi connectivity index (χ2n) is 27.7. The quantitative estimate of drug-likeness (QED) is 0.0252. The number of halogens is 2. The minimum atomic E-state index is -0.483. The number of hydrogen-bond donors (Lipinski definition) is 0. The highest BCUT2D eigenvalue weighted by atomic mass is 35.5. The monoisotopic (exact) mass is 1550 g/mol. The number of benzene rings is 6. The van der Waals surface area contributed by atoms with Crippen LogP contribution in [0, 0.1) is 5.82 Å². The minimum Gasteiger partial charge on any atom is -0.497 e. The highest BCUT2D eigenvalue weighted by molar-refractivity contribution is 6.30. The molecule has 594 valence electrons. The van der Waals surface area contributed by atoms with Gasteiger partial charge in [0, 0.05) is 136 Å². The molecule has 0 spiro atoms.